The number of morpholine rings is 1. The van der Waals surface area contributed by atoms with Gasteiger partial charge in [-0.05, 0) is 24.6 Å². The smallest absolute Gasteiger partial charge is 0.0991 e. The van der Waals surface area contributed by atoms with E-state index in [1.165, 1.54) is 5.56 Å². The lowest BCUT2D eigenvalue weighted by atomic mass is 10.1. The zero-order chi connectivity index (χ0) is 16.8. The maximum absolute atomic E-state index is 10.2. The van der Waals surface area contributed by atoms with Gasteiger partial charge in [0.05, 0.1) is 25.6 Å². The van der Waals surface area contributed by atoms with E-state index in [-0.39, 0.29) is 12.1 Å². The number of aliphatic hydroxyl groups excluding tert-OH is 1. The summed E-state index contributed by atoms with van der Waals surface area (Å²) in [5.74, 6) is 0. The van der Waals surface area contributed by atoms with Gasteiger partial charge in [0.1, 0.15) is 0 Å². The molecule has 1 aliphatic rings. The van der Waals surface area contributed by atoms with Crippen LogP contribution < -0.4 is 5.32 Å². The molecule has 0 spiro atoms. The van der Waals surface area contributed by atoms with E-state index in [0.29, 0.717) is 13.1 Å². The number of aliphatic hydroxyl groups is 1. The van der Waals surface area contributed by atoms with E-state index in [9.17, 15) is 5.11 Å². The predicted molar refractivity (Wildman–Crippen MR) is 93.2 cm³/mol. The molecule has 3 rings (SSSR count). The monoisotopic (exact) mass is 330 g/mol. The molecule has 6 heteroatoms. The number of ether oxygens (including phenoxy) is 1. The molecule has 0 bridgehead atoms. The zero-order valence-corrected chi connectivity index (χ0v) is 14.1. The highest BCUT2D eigenvalue weighted by Crippen LogP contribution is 2.15. The van der Waals surface area contributed by atoms with Crippen molar-refractivity contribution < 1.29 is 9.84 Å². The van der Waals surface area contributed by atoms with Crippen molar-refractivity contribution >= 4 is 0 Å². The van der Waals surface area contributed by atoms with Gasteiger partial charge in [0.2, 0.25) is 0 Å². The highest BCUT2D eigenvalue weighted by molar-refractivity contribution is 5.35. The summed E-state index contributed by atoms with van der Waals surface area (Å²) in [6.45, 7) is 6.74. The van der Waals surface area contributed by atoms with Crippen LogP contribution in [0.25, 0.3) is 5.69 Å². The number of imidazole rings is 1. The number of benzene rings is 1. The number of nitrogens with one attached hydrogen (secondary N) is 1. The van der Waals surface area contributed by atoms with Crippen LogP contribution in [0.4, 0.5) is 0 Å². The molecular formula is C18H26N4O2. The summed E-state index contributed by atoms with van der Waals surface area (Å²) in [6.07, 6.45) is 5.13. The zero-order valence-electron chi connectivity index (χ0n) is 14.1. The largest absolute Gasteiger partial charge is 0.390 e. The minimum atomic E-state index is -0.365. The quantitative estimate of drug-likeness (QED) is 0.799. The third kappa shape index (κ3) is 4.64. The van der Waals surface area contributed by atoms with Crippen LogP contribution in [0, 0.1) is 0 Å². The van der Waals surface area contributed by atoms with Gasteiger partial charge in [0.25, 0.3) is 0 Å². The molecule has 2 heterocycles. The van der Waals surface area contributed by atoms with Crippen molar-refractivity contribution in [2.45, 2.75) is 19.1 Å². The minimum Gasteiger partial charge on any atom is -0.390 e. The van der Waals surface area contributed by atoms with Crippen molar-refractivity contribution in [1.82, 2.24) is 19.8 Å². The fourth-order valence-electron chi connectivity index (χ4n) is 2.92. The molecule has 1 aromatic carbocycles. The van der Waals surface area contributed by atoms with E-state index in [1.54, 1.807) is 12.5 Å². The lowest BCUT2D eigenvalue weighted by molar-refractivity contribution is 0.0145. The van der Waals surface area contributed by atoms with E-state index in [1.807, 2.05) is 10.8 Å². The number of β-amino-alcohol motifs (C(OH)–C–C–N with tert-alkyl or cyclic N) is 1. The van der Waals surface area contributed by atoms with Gasteiger partial charge in [-0.1, -0.05) is 12.1 Å². The average Bonchev–Trinajstić information content (AvgIpc) is 3.15. The van der Waals surface area contributed by atoms with Gasteiger partial charge >= 0.3 is 0 Å². The van der Waals surface area contributed by atoms with Crippen molar-refractivity contribution in [3.05, 3.63) is 48.5 Å². The molecule has 0 radical (unpaired) electrons. The molecular weight excluding hydrogens is 304 g/mol. The van der Waals surface area contributed by atoms with E-state index in [4.69, 9.17) is 4.74 Å². The summed E-state index contributed by atoms with van der Waals surface area (Å²) in [6, 6.07) is 8.59. The maximum atomic E-state index is 10.2. The topological polar surface area (TPSA) is 62.6 Å². The molecule has 0 saturated carbocycles. The Bertz CT molecular complexity index is 594. The van der Waals surface area contributed by atoms with Gasteiger partial charge in [-0.3, -0.25) is 4.90 Å². The van der Waals surface area contributed by atoms with Crippen LogP contribution in [0.2, 0.25) is 0 Å². The molecule has 2 aromatic rings. The normalized spacial score (nSPS) is 18.4. The molecule has 24 heavy (non-hydrogen) atoms. The second-order valence-electron chi connectivity index (χ2n) is 6.26. The molecule has 2 N–H and O–H groups in total. The Morgan fingerprint density at radius 2 is 2.00 bits per heavy atom. The Labute approximate surface area is 143 Å². The summed E-state index contributed by atoms with van der Waals surface area (Å²) in [5, 5.41) is 13.6. The van der Waals surface area contributed by atoms with Crippen molar-refractivity contribution in [3.63, 3.8) is 0 Å². The Hall–Kier alpha value is -1.73. The van der Waals surface area contributed by atoms with Crippen LogP contribution in [0.15, 0.2) is 43.0 Å². The van der Waals surface area contributed by atoms with Crippen LogP contribution in [0.1, 0.15) is 18.5 Å². The first-order valence-corrected chi connectivity index (χ1v) is 8.52. The van der Waals surface area contributed by atoms with E-state index in [2.05, 4.69) is 46.4 Å². The summed E-state index contributed by atoms with van der Waals surface area (Å²) in [5.41, 5.74) is 2.30. The van der Waals surface area contributed by atoms with E-state index >= 15 is 0 Å². The number of hydrogen-bond donors (Lipinski definition) is 2. The first-order chi connectivity index (χ1) is 11.7. The first kappa shape index (κ1) is 17.1. The molecule has 1 saturated heterocycles. The standard InChI is InChI=1S/C18H26N4O2/c1-15(20-12-18(23)13-21-8-10-24-11-9-21)16-2-4-17(5-3-16)22-7-6-19-14-22/h2-7,14-15,18,20,23H,8-13H2,1H3/t15-,18-/m0/s1. The second kappa shape index (κ2) is 8.39. The number of hydrogen-bond acceptors (Lipinski definition) is 5. The van der Waals surface area contributed by atoms with Crippen LogP contribution in [0.3, 0.4) is 0 Å². The summed E-state index contributed by atoms with van der Waals surface area (Å²) in [4.78, 5) is 6.31. The lowest BCUT2D eigenvalue weighted by Crippen LogP contribution is -2.44. The van der Waals surface area contributed by atoms with Gasteiger partial charge in [0.15, 0.2) is 0 Å². The van der Waals surface area contributed by atoms with E-state index in [0.717, 1.165) is 32.0 Å². The molecule has 0 amide bonds. The van der Waals surface area contributed by atoms with Crippen LogP contribution in [-0.4, -0.2) is 65.1 Å². The molecule has 0 unspecified atom stereocenters. The highest BCUT2D eigenvalue weighted by atomic mass is 16.5. The summed E-state index contributed by atoms with van der Waals surface area (Å²) < 4.78 is 7.31. The lowest BCUT2D eigenvalue weighted by Gasteiger charge is -2.29. The van der Waals surface area contributed by atoms with Gasteiger partial charge < -0.3 is 19.7 Å². The van der Waals surface area contributed by atoms with Gasteiger partial charge in [-0.25, -0.2) is 4.98 Å². The number of rotatable bonds is 7. The Kier molecular flexibility index (Phi) is 5.98. The van der Waals surface area contributed by atoms with E-state index < -0.39 is 0 Å². The summed E-state index contributed by atoms with van der Waals surface area (Å²) >= 11 is 0. The molecule has 130 valence electrons. The van der Waals surface area contributed by atoms with Gasteiger partial charge in [0, 0.05) is 50.3 Å². The molecule has 2 atom stereocenters. The Morgan fingerprint density at radius 1 is 1.25 bits per heavy atom. The average molecular weight is 330 g/mol. The van der Waals surface area contributed by atoms with Crippen molar-refractivity contribution in [1.29, 1.82) is 0 Å². The molecule has 1 aliphatic heterocycles. The highest BCUT2D eigenvalue weighted by Gasteiger charge is 2.15. The van der Waals surface area contributed by atoms with Crippen LogP contribution >= 0.6 is 0 Å². The summed E-state index contributed by atoms with van der Waals surface area (Å²) in [7, 11) is 0. The van der Waals surface area contributed by atoms with Crippen LogP contribution in [-0.2, 0) is 4.74 Å². The fraction of sp³-hybridized carbons (Fsp3) is 0.500. The Morgan fingerprint density at radius 3 is 2.67 bits per heavy atom. The first-order valence-electron chi connectivity index (χ1n) is 8.52. The SMILES string of the molecule is C[C@H](NC[C@H](O)CN1CCOCC1)c1ccc(-n2ccnc2)cc1. The van der Waals surface area contributed by atoms with Crippen molar-refractivity contribution in [3.8, 4) is 5.69 Å². The molecule has 1 fully saturated rings. The predicted octanol–water partition coefficient (Wildman–Crippen LogP) is 1.22. The number of aromatic nitrogens is 2. The Balaban J connectivity index is 1.46. The van der Waals surface area contributed by atoms with Gasteiger partial charge in [-0.2, -0.15) is 0 Å². The van der Waals surface area contributed by atoms with Crippen LogP contribution in [0.5, 0.6) is 0 Å². The maximum Gasteiger partial charge on any atom is 0.0991 e. The number of nitrogens with zero attached hydrogens (tertiary/aromatic N) is 3. The molecule has 6 nitrogen and oxygen atoms in total. The van der Waals surface area contributed by atoms with Crippen molar-refractivity contribution in [2.75, 3.05) is 39.4 Å². The van der Waals surface area contributed by atoms with Gasteiger partial charge in [-0.15, -0.1) is 0 Å². The van der Waals surface area contributed by atoms with Crippen molar-refractivity contribution in [2.24, 2.45) is 0 Å². The molecule has 1 aromatic heterocycles. The molecule has 0 aliphatic carbocycles. The third-order valence-electron chi connectivity index (χ3n) is 4.43. The fourth-order valence-corrected chi connectivity index (χ4v) is 2.92. The minimum absolute atomic E-state index is 0.196. The second-order valence-corrected chi connectivity index (χ2v) is 6.26. The third-order valence-corrected chi connectivity index (χ3v) is 4.43.